The zero-order valence-electron chi connectivity index (χ0n) is 18.4. The molecule has 0 spiro atoms. The lowest BCUT2D eigenvalue weighted by atomic mass is 9.90. The summed E-state index contributed by atoms with van der Waals surface area (Å²) in [6.45, 7) is 3.78. The SMILES string of the molecule is CCCCCS[C@@H]1C[C@@H](c2ccccc2F)N(S(=O)(=O)c2ccc(C)cc2)C[C@H]1C(=O)O. The van der Waals surface area contributed by atoms with Crippen LogP contribution in [0.15, 0.2) is 53.4 Å². The summed E-state index contributed by atoms with van der Waals surface area (Å²) in [5.74, 6) is -1.55. The predicted molar refractivity (Wildman–Crippen MR) is 126 cm³/mol. The van der Waals surface area contributed by atoms with Gasteiger partial charge >= 0.3 is 5.97 Å². The molecule has 1 fully saturated rings. The predicted octanol–water partition coefficient (Wildman–Crippen LogP) is 5.26. The fraction of sp³-hybridized carbons (Fsp3) is 0.458. The van der Waals surface area contributed by atoms with Gasteiger partial charge in [-0.2, -0.15) is 16.1 Å². The van der Waals surface area contributed by atoms with Crippen molar-refractivity contribution in [3.05, 3.63) is 65.5 Å². The number of hydrogen-bond donors (Lipinski definition) is 1. The molecule has 1 heterocycles. The van der Waals surface area contributed by atoms with Crippen LogP contribution in [0.2, 0.25) is 0 Å². The van der Waals surface area contributed by atoms with Crippen molar-refractivity contribution in [2.24, 2.45) is 5.92 Å². The average Bonchev–Trinajstić information content (AvgIpc) is 2.76. The summed E-state index contributed by atoms with van der Waals surface area (Å²) >= 11 is 1.56. The molecule has 0 aliphatic carbocycles. The highest BCUT2D eigenvalue weighted by Gasteiger charge is 2.45. The molecule has 0 unspecified atom stereocenters. The number of rotatable bonds is 9. The van der Waals surface area contributed by atoms with Crippen molar-refractivity contribution in [3.63, 3.8) is 0 Å². The van der Waals surface area contributed by atoms with E-state index in [9.17, 15) is 22.7 Å². The number of carboxylic acid groups (broad SMARTS) is 1. The zero-order valence-corrected chi connectivity index (χ0v) is 20.0. The lowest BCUT2D eigenvalue weighted by Crippen LogP contribution is -2.49. The Morgan fingerprint density at radius 3 is 2.47 bits per heavy atom. The summed E-state index contributed by atoms with van der Waals surface area (Å²) in [6, 6.07) is 11.8. The number of hydrogen-bond acceptors (Lipinski definition) is 4. The van der Waals surface area contributed by atoms with Gasteiger partial charge in [-0.1, -0.05) is 55.7 Å². The molecular formula is C24H30FNO4S2. The Morgan fingerprint density at radius 2 is 1.84 bits per heavy atom. The topological polar surface area (TPSA) is 74.7 Å². The standard InChI is InChI=1S/C24H30FNO4S2/c1-3-4-7-14-31-23-15-22(19-8-5-6-9-21(19)25)26(16-20(23)24(27)28)32(29,30)18-12-10-17(2)11-13-18/h5-6,8-13,20,22-23H,3-4,7,14-16H2,1-2H3,(H,27,28)/t20-,22+,23-/m1/s1. The molecule has 3 rings (SSSR count). The van der Waals surface area contributed by atoms with E-state index in [2.05, 4.69) is 6.92 Å². The van der Waals surface area contributed by atoms with Crippen molar-refractivity contribution < 1.29 is 22.7 Å². The van der Waals surface area contributed by atoms with Crippen LogP contribution in [0.5, 0.6) is 0 Å². The van der Waals surface area contributed by atoms with E-state index in [1.54, 1.807) is 42.1 Å². The lowest BCUT2D eigenvalue weighted by molar-refractivity contribution is -0.143. The minimum absolute atomic E-state index is 0.0858. The van der Waals surface area contributed by atoms with Gasteiger partial charge in [0, 0.05) is 17.4 Å². The number of thioether (sulfide) groups is 1. The Balaban J connectivity index is 2.00. The Morgan fingerprint density at radius 1 is 1.16 bits per heavy atom. The van der Waals surface area contributed by atoms with Gasteiger partial charge in [-0.25, -0.2) is 12.8 Å². The first kappa shape index (κ1) is 24.7. The quantitative estimate of drug-likeness (QED) is 0.497. The highest BCUT2D eigenvalue weighted by Crippen LogP contribution is 2.43. The van der Waals surface area contributed by atoms with Gasteiger partial charge in [0.25, 0.3) is 0 Å². The molecule has 5 nitrogen and oxygen atoms in total. The van der Waals surface area contributed by atoms with E-state index in [1.807, 2.05) is 6.92 Å². The molecule has 1 aliphatic rings. The Hall–Kier alpha value is -1.90. The van der Waals surface area contributed by atoms with Crippen LogP contribution >= 0.6 is 11.8 Å². The normalized spacial score (nSPS) is 22.0. The molecular weight excluding hydrogens is 449 g/mol. The second kappa shape index (κ2) is 10.8. The third-order valence-electron chi connectivity index (χ3n) is 5.92. The number of unbranched alkanes of at least 4 members (excludes halogenated alkanes) is 2. The molecule has 1 aliphatic heterocycles. The number of nitrogens with zero attached hydrogens (tertiary/aromatic N) is 1. The molecule has 2 aromatic carbocycles. The van der Waals surface area contributed by atoms with Gasteiger partial charge in [-0.15, -0.1) is 0 Å². The van der Waals surface area contributed by atoms with Crippen LogP contribution in [-0.4, -0.2) is 41.3 Å². The third-order valence-corrected chi connectivity index (χ3v) is 9.28. The smallest absolute Gasteiger partial charge is 0.308 e. The molecule has 2 aromatic rings. The monoisotopic (exact) mass is 479 g/mol. The second-order valence-electron chi connectivity index (χ2n) is 8.22. The maximum absolute atomic E-state index is 14.8. The number of carboxylic acids is 1. The van der Waals surface area contributed by atoms with Gasteiger partial charge in [0.2, 0.25) is 10.0 Å². The molecule has 0 amide bonds. The summed E-state index contributed by atoms with van der Waals surface area (Å²) < 4.78 is 43.1. The molecule has 8 heteroatoms. The van der Waals surface area contributed by atoms with Gasteiger partial charge in [-0.05, 0) is 43.7 Å². The zero-order chi connectivity index (χ0) is 23.3. The van der Waals surface area contributed by atoms with Gasteiger partial charge in [-0.3, -0.25) is 4.79 Å². The molecule has 3 atom stereocenters. The van der Waals surface area contributed by atoms with Gasteiger partial charge in [0.05, 0.1) is 16.9 Å². The Labute approximate surface area is 194 Å². The molecule has 0 bridgehead atoms. The molecule has 0 aromatic heterocycles. The Kier molecular flexibility index (Phi) is 8.36. The van der Waals surface area contributed by atoms with Gasteiger partial charge in [0.1, 0.15) is 5.82 Å². The second-order valence-corrected chi connectivity index (χ2v) is 11.5. The molecule has 0 saturated carbocycles. The number of carbonyl (C=O) groups is 1. The summed E-state index contributed by atoms with van der Waals surface area (Å²) in [7, 11) is -4.02. The molecule has 1 saturated heterocycles. The van der Waals surface area contributed by atoms with Crippen molar-refractivity contribution in [2.45, 2.75) is 55.7 Å². The van der Waals surface area contributed by atoms with Crippen molar-refractivity contribution in [1.29, 1.82) is 0 Å². The van der Waals surface area contributed by atoms with E-state index >= 15 is 0 Å². The molecule has 1 N–H and O–H groups in total. The van der Waals surface area contributed by atoms with Crippen LogP contribution in [0.4, 0.5) is 4.39 Å². The van der Waals surface area contributed by atoms with Crippen LogP contribution in [0.25, 0.3) is 0 Å². The molecule has 0 radical (unpaired) electrons. The maximum Gasteiger partial charge on any atom is 0.308 e. The summed E-state index contributed by atoms with van der Waals surface area (Å²) in [5, 5.41) is 9.61. The van der Waals surface area contributed by atoms with Crippen LogP contribution in [0.1, 0.15) is 49.8 Å². The first-order valence-corrected chi connectivity index (χ1v) is 13.4. The van der Waals surface area contributed by atoms with Crippen LogP contribution in [0.3, 0.4) is 0 Å². The van der Waals surface area contributed by atoms with E-state index in [0.717, 1.165) is 30.6 Å². The third kappa shape index (κ3) is 5.53. The first-order chi connectivity index (χ1) is 15.3. The van der Waals surface area contributed by atoms with Crippen LogP contribution in [0, 0.1) is 18.7 Å². The minimum atomic E-state index is -4.02. The average molecular weight is 480 g/mol. The minimum Gasteiger partial charge on any atom is -0.481 e. The number of halogens is 1. The number of benzene rings is 2. The van der Waals surface area contributed by atoms with E-state index in [1.165, 1.54) is 22.5 Å². The molecule has 174 valence electrons. The lowest BCUT2D eigenvalue weighted by Gasteiger charge is -2.41. The van der Waals surface area contributed by atoms with Crippen molar-refractivity contribution in [2.75, 3.05) is 12.3 Å². The van der Waals surface area contributed by atoms with Crippen molar-refractivity contribution in [3.8, 4) is 0 Å². The van der Waals surface area contributed by atoms with E-state index in [4.69, 9.17) is 0 Å². The number of piperidine rings is 1. The number of aryl methyl sites for hydroxylation is 1. The number of sulfonamides is 1. The number of aliphatic carboxylic acids is 1. The molecule has 32 heavy (non-hydrogen) atoms. The van der Waals surface area contributed by atoms with Crippen molar-refractivity contribution >= 4 is 27.8 Å². The summed E-state index contributed by atoms with van der Waals surface area (Å²) in [6.07, 6.45) is 3.34. The largest absolute Gasteiger partial charge is 0.481 e. The van der Waals surface area contributed by atoms with Crippen LogP contribution < -0.4 is 0 Å². The van der Waals surface area contributed by atoms with E-state index in [0.29, 0.717) is 0 Å². The summed E-state index contributed by atoms with van der Waals surface area (Å²) in [4.78, 5) is 12.2. The van der Waals surface area contributed by atoms with Gasteiger partial charge in [0.15, 0.2) is 0 Å². The summed E-state index contributed by atoms with van der Waals surface area (Å²) in [5.41, 5.74) is 1.20. The Bertz CT molecular complexity index is 1030. The van der Waals surface area contributed by atoms with Crippen molar-refractivity contribution in [1.82, 2.24) is 4.31 Å². The highest BCUT2D eigenvalue weighted by atomic mass is 32.2. The maximum atomic E-state index is 14.8. The van der Waals surface area contributed by atoms with E-state index < -0.39 is 33.8 Å². The fourth-order valence-electron chi connectivity index (χ4n) is 4.09. The first-order valence-electron chi connectivity index (χ1n) is 10.9. The van der Waals surface area contributed by atoms with Gasteiger partial charge < -0.3 is 5.11 Å². The van der Waals surface area contributed by atoms with E-state index in [-0.39, 0.29) is 28.7 Å². The highest BCUT2D eigenvalue weighted by molar-refractivity contribution is 7.99. The van der Waals surface area contributed by atoms with Crippen LogP contribution in [-0.2, 0) is 14.8 Å². The fourth-order valence-corrected chi connectivity index (χ4v) is 7.16.